The van der Waals surface area contributed by atoms with Gasteiger partial charge in [0.15, 0.2) is 6.10 Å². The number of hydrogen-bond acceptors (Lipinski definition) is 4. The lowest BCUT2D eigenvalue weighted by Crippen LogP contribution is -2.10. The van der Waals surface area contributed by atoms with Gasteiger partial charge in [0.25, 0.3) is 0 Å². The summed E-state index contributed by atoms with van der Waals surface area (Å²) in [6, 6.07) is 9.59. The molecule has 0 amide bonds. The Hall–Kier alpha value is -2.14. The van der Waals surface area contributed by atoms with Gasteiger partial charge in [0.1, 0.15) is 11.5 Å². The standard InChI is InChI=1S/C14H15N3O2/c18-14(13-8-4-5-9-19-13)12-10-15-17(16-12)11-6-2-1-3-7-11/h1-3,6-8,10,14,18H,4-5,9H2. The summed E-state index contributed by atoms with van der Waals surface area (Å²) in [5.74, 6) is 0.575. The molecule has 0 saturated heterocycles. The quantitative estimate of drug-likeness (QED) is 0.913. The summed E-state index contributed by atoms with van der Waals surface area (Å²) >= 11 is 0. The number of hydrogen-bond donors (Lipinski definition) is 1. The molecule has 0 spiro atoms. The molecule has 0 aliphatic carbocycles. The molecule has 2 aromatic rings. The summed E-state index contributed by atoms with van der Waals surface area (Å²) in [6.07, 6.45) is 4.57. The van der Waals surface area contributed by atoms with Crippen LogP contribution in [0.3, 0.4) is 0 Å². The molecule has 0 radical (unpaired) electrons. The number of aliphatic hydroxyl groups excluding tert-OH is 1. The van der Waals surface area contributed by atoms with E-state index in [1.807, 2.05) is 36.4 Å². The highest BCUT2D eigenvalue weighted by Crippen LogP contribution is 2.24. The summed E-state index contributed by atoms with van der Waals surface area (Å²) in [5, 5.41) is 18.7. The zero-order valence-corrected chi connectivity index (χ0v) is 10.4. The first-order valence-electron chi connectivity index (χ1n) is 6.33. The zero-order valence-electron chi connectivity index (χ0n) is 10.4. The van der Waals surface area contributed by atoms with E-state index in [0.29, 0.717) is 18.1 Å². The predicted octanol–water partition coefficient (Wildman–Crippen LogP) is 1.99. The van der Waals surface area contributed by atoms with Crippen molar-refractivity contribution in [2.75, 3.05) is 6.61 Å². The van der Waals surface area contributed by atoms with Gasteiger partial charge in [0.2, 0.25) is 0 Å². The zero-order chi connectivity index (χ0) is 13.1. The minimum Gasteiger partial charge on any atom is -0.495 e. The largest absolute Gasteiger partial charge is 0.495 e. The summed E-state index contributed by atoms with van der Waals surface area (Å²) < 4.78 is 5.44. The highest BCUT2D eigenvalue weighted by atomic mass is 16.5. The van der Waals surface area contributed by atoms with Gasteiger partial charge in [0.05, 0.1) is 18.5 Å². The van der Waals surface area contributed by atoms with Gasteiger partial charge in [-0.05, 0) is 31.1 Å². The van der Waals surface area contributed by atoms with Crippen LogP contribution in [0.5, 0.6) is 0 Å². The van der Waals surface area contributed by atoms with Crippen molar-refractivity contribution < 1.29 is 9.84 Å². The number of para-hydroxylation sites is 1. The van der Waals surface area contributed by atoms with Crippen LogP contribution < -0.4 is 0 Å². The maximum absolute atomic E-state index is 10.2. The van der Waals surface area contributed by atoms with Crippen LogP contribution in [0, 0.1) is 0 Å². The number of ether oxygens (including phenoxy) is 1. The van der Waals surface area contributed by atoms with Gasteiger partial charge in [-0.3, -0.25) is 0 Å². The van der Waals surface area contributed by atoms with Gasteiger partial charge in [-0.1, -0.05) is 18.2 Å². The van der Waals surface area contributed by atoms with Crippen LogP contribution in [0.4, 0.5) is 0 Å². The number of allylic oxidation sites excluding steroid dienone is 1. The Kier molecular flexibility index (Phi) is 3.29. The summed E-state index contributed by atoms with van der Waals surface area (Å²) in [4.78, 5) is 1.50. The van der Waals surface area contributed by atoms with Gasteiger partial charge in [-0.15, -0.1) is 0 Å². The fraction of sp³-hybridized carbons (Fsp3) is 0.286. The third-order valence-electron chi connectivity index (χ3n) is 3.01. The van der Waals surface area contributed by atoms with Crippen molar-refractivity contribution >= 4 is 0 Å². The predicted molar refractivity (Wildman–Crippen MR) is 69.6 cm³/mol. The lowest BCUT2D eigenvalue weighted by molar-refractivity contribution is 0.0892. The number of aliphatic hydroxyl groups is 1. The minimum absolute atomic E-state index is 0.497. The molecule has 5 heteroatoms. The Bertz CT molecular complexity index is 577. The van der Waals surface area contributed by atoms with E-state index in [2.05, 4.69) is 10.2 Å². The van der Waals surface area contributed by atoms with Crippen LogP contribution in [0.15, 0.2) is 48.4 Å². The van der Waals surface area contributed by atoms with Crippen molar-refractivity contribution in [1.29, 1.82) is 0 Å². The van der Waals surface area contributed by atoms with Crippen LogP contribution in [0.1, 0.15) is 24.6 Å². The monoisotopic (exact) mass is 257 g/mol. The molecule has 1 unspecified atom stereocenters. The van der Waals surface area contributed by atoms with Crippen LogP contribution in [0.2, 0.25) is 0 Å². The second-order valence-corrected chi connectivity index (χ2v) is 4.39. The van der Waals surface area contributed by atoms with Crippen molar-refractivity contribution in [3.63, 3.8) is 0 Å². The molecule has 1 aromatic heterocycles. The van der Waals surface area contributed by atoms with E-state index in [-0.39, 0.29) is 0 Å². The summed E-state index contributed by atoms with van der Waals surface area (Å²) in [7, 11) is 0. The molecular weight excluding hydrogens is 242 g/mol. The van der Waals surface area contributed by atoms with E-state index in [9.17, 15) is 5.11 Å². The highest BCUT2D eigenvalue weighted by molar-refractivity contribution is 5.29. The smallest absolute Gasteiger partial charge is 0.156 e. The van der Waals surface area contributed by atoms with E-state index in [0.717, 1.165) is 18.5 Å². The molecule has 1 aliphatic heterocycles. The third kappa shape index (κ3) is 2.51. The van der Waals surface area contributed by atoms with Gasteiger partial charge in [0, 0.05) is 0 Å². The molecular formula is C14H15N3O2. The van der Waals surface area contributed by atoms with Gasteiger partial charge < -0.3 is 9.84 Å². The molecule has 1 atom stereocenters. The fourth-order valence-electron chi connectivity index (χ4n) is 2.00. The SMILES string of the molecule is OC(C1=CCCCO1)c1cnn(-c2ccccc2)n1. The van der Waals surface area contributed by atoms with E-state index in [1.54, 1.807) is 6.20 Å². The third-order valence-corrected chi connectivity index (χ3v) is 3.01. The molecule has 3 rings (SSSR count). The Morgan fingerprint density at radius 3 is 2.84 bits per heavy atom. The van der Waals surface area contributed by atoms with Crippen LogP contribution in [-0.2, 0) is 4.74 Å². The van der Waals surface area contributed by atoms with Crippen molar-refractivity contribution in [3.8, 4) is 5.69 Å². The minimum atomic E-state index is -0.835. The van der Waals surface area contributed by atoms with Crippen LogP contribution >= 0.6 is 0 Å². The summed E-state index contributed by atoms with van der Waals surface area (Å²) in [6.45, 7) is 0.649. The Balaban J connectivity index is 1.83. The average Bonchev–Trinajstić information content (AvgIpc) is 2.98. The van der Waals surface area contributed by atoms with Crippen molar-refractivity contribution in [2.45, 2.75) is 18.9 Å². The Morgan fingerprint density at radius 1 is 1.26 bits per heavy atom. The first-order chi connectivity index (χ1) is 9.34. The molecule has 1 N–H and O–H groups in total. The number of aromatic nitrogens is 3. The van der Waals surface area contributed by atoms with E-state index >= 15 is 0 Å². The number of benzene rings is 1. The van der Waals surface area contributed by atoms with Crippen LogP contribution in [-0.4, -0.2) is 26.7 Å². The van der Waals surface area contributed by atoms with E-state index < -0.39 is 6.10 Å². The van der Waals surface area contributed by atoms with Gasteiger partial charge >= 0.3 is 0 Å². The molecule has 1 aromatic carbocycles. The second-order valence-electron chi connectivity index (χ2n) is 4.39. The molecule has 1 aliphatic rings. The fourth-order valence-corrected chi connectivity index (χ4v) is 2.00. The Morgan fingerprint density at radius 2 is 2.11 bits per heavy atom. The normalized spacial score (nSPS) is 16.6. The molecule has 2 heterocycles. The average molecular weight is 257 g/mol. The van der Waals surface area contributed by atoms with E-state index in [1.165, 1.54) is 4.80 Å². The highest BCUT2D eigenvalue weighted by Gasteiger charge is 2.20. The van der Waals surface area contributed by atoms with Crippen molar-refractivity contribution in [1.82, 2.24) is 15.0 Å². The lowest BCUT2D eigenvalue weighted by Gasteiger charge is -2.18. The van der Waals surface area contributed by atoms with E-state index in [4.69, 9.17) is 4.74 Å². The topological polar surface area (TPSA) is 60.2 Å². The maximum atomic E-state index is 10.2. The van der Waals surface area contributed by atoms with Crippen molar-refractivity contribution in [2.24, 2.45) is 0 Å². The van der Waals surface area contributed by atoms with Crippen LogP contribution in [0.25, 0.3) is 5.69 Å². The Labute approximate surface area is 111 Å². The number of rotatable bonds is 3. The van der Waals surface area contributed by atoms with Gasteiger partial charge in [-0.2, -0.15) is 15.0 Å². The summed E-state index contributed by atoms with van der Waals surface area (Å²) in [5.41, 5.74) is 1.36. The maximum Gasteiger partial charge on any atom is 0.156 e. The molecule has 0 fully saturated rings. The van der Waals surface area contributed by atoms with Crippen molar-refractivity contribution in [3.05, 3.63) is 54.1 Å². The van der Waals surface area contributed by atoms with Gasteiger partial charge in [-0.25, -0.2) is 0 Å². The molecule has 19 heavy (non-hydrogen) atoms. The second kappa shape index (κ2) is 5.24. The first kappa shape index (κ1) is 11.9. The lowest BCUT2D eigenvalue weighted by atomic mass is 10.1. The molecule has 0 bridgehead atoms. The molecule has 0 saturated carbocycles. The molecule has 98 valence electrons. The number of nitrogens with zero attached hydrogens (tertiary/aromatic N) is 3. The first-order valence-corrected chi connectivity index (χ1v) is 6.33. The molecule has 5 nitrogen and oxygen atoms in total.